The lowest BCUT2D eigenvalue weighted by atomic mass is 10.1. The number of carboxylic acid groups (broad SMARTS) is 1. The van der Waals surface area contributed by atoms with Crippen LogP contribution in [0.3, 0.4) is 0 Å². The van der Waals surface area contributed by atoms with Gasteiger partial charge in [-0.05, 0) is 41.8 Å². The highest BCUT2D eigenvalue weighted by molar-refractivity contribution is 6.30. The van der Waals surface area contributed by atoms with E-state index in [1.54, 1.807) is 36.4 Å². The molecule has 0 aliphatic rings. The number of carbonyl (C=O) groups is 2. The van der Waals surface area contributed by atoms with Gasteiger partial charge in [-0.1, -0.05) is 35.9 Å². The SMILES string of the molecule is O=C(O)Cc1ccc(CCNC(=O)c2ccc(Cl)cc2)cc1. The van der Waals surface area contributed by atoms with E-state index in [9.17, 15) is 9.59 Å². The Hall–Kier alpha value is -2.33. The Kier molecular flexibility index (Phi) is 5.55. The molecule has 0 radical (unpaired) electrons. The molecule has 2 aromatic rings. The summed E-state index contributed by atoms with van der Waals surface area (Å²) in [5.41, 5.74) is 2.38. The van der Waals surface area contributed by atoms with Crippen LogP contribution in [0.1, 0.15) is 21.5 Å². The molecule has 2 N–H and O–H groups in total. The van der Waals surface area contributed by atoms with E-state index in [2.05, 4.69) is 5.32 Å². The first-order valence-electron chi connectivity index (χ1n) is 6.88. The third-order valence-corrected chi connectivity index (χ3v) is 3.44. The van der Waals surface area contributed by atoms with Crippen molar-refractivity contribution < 1.29 is 14.7 Å². The molecule has 0 aliphatic carbocycles. The summed E-state index contributed by atoms with van der Waals surface area (Å²) in [6.07, 6.45) is 0.709. The number of nitrogens with one attached hydrogen (secondary N) is 1. The average Bonchev–Trinajstić information content (AvgIpc) is 2.49. The van der Waals surface area contributed by atoms with Crippen molar-refractivity contribution >= 4 is 23.5 Å². The summed E-state index contributed by atoms with van der Waals surface area (Å²) in [5, 5.41) is 12.1. The number of carbonyl (C=O) groups excluding carboxylic acids is 1. The highest BCUT2D eigenvalue weighted by Crippen LogP contribution is 2.09. The van der Waals surface area contributed by atoms with Gasteiger partial charge >= 0.3 is 5.97 Å². The topological polar surface area (TPSA) is 66.4 Å². The molecule has 22 heavy (non-hydrogen) atoms. The van der Waals surface area contributed by atoms with Crippen LogP contribution in [0.2, 0.25) is 5.02 Å². The van der Waals surface area contributed by atoms with Crippen LogP contribution in [0.15, 0.2) is 48.5 Å². The Morgan fingerprint density at radius 1 is 0.955 bits per heavy atom. The fourth-order valence-corrected chi connectivity index (χ4v) is 2.15. The Labute approximate surface area is 133 Å². The molecule has 4 nitrogen and oxygen atoms in total. The van der Waals surface area contributed by atoms with E-state index in [1.807, 2.05) is 12.1 Å². The summed E-state index contributed by atoms with van der Waals surface area (Å²) in [6.45, 7) is 0.514. The van der Waals surface area contributed by atoms with Gasteiger partial charge in [0.1, 0.15) is 0 Å². The van der Waals surface area contributed by atoms with Gasteiger partial charge in [0.15, 0.2) is 0 Å². The summed E-state index contributed by atoms with van der Waals surface area (Å²) < 4.78 is 0. The van der Waals surface area contributed by atoms with Crippen LogP contribution in [-0.4, -0.2) is 23.5 Å². The molecular formula is C17H16ClNO3. The van der Waals surface area contributed by atoms with Gasteiger partial charge in [-0.25, -0.2) is 0 Å². The molecule has 2 aromatic carbocycles. The van der Waals surface area contributed by atoms with Gasteiger partial charge in [0, 0.05) is 17.1 Å². The lowest BCUT2D eigenvalue weighted by Crippen LogP contribution is -2.25. The molecule has 0 unspecified atom stereocenters. The van der Waals surface area contributed by atoms with Crippen molar-refractivity contribution in [2.75, 3.05) is 6.54 Å². The van der Waals surface area contributed by atoms with Crippen LogP contribution in [0.5, 0.6) is 0 Å². The fraction of sp³-hybridized carbons (Fsp3) is 0.176. The lowest BCUT2D eigenvalue weighted by Gasteiger charge is -2.06. The summed E-state index contributed by atoms with van der Waals surface area (Å²) in [4.78, 5) is 22.5. The minimum Gasteiger partial charge on any atom is -0.481 e. The molecule has 5 heteroatoms. The van der Waals surface area contributed by atoms with E-state index >= 15 is 0 Å². The van der Waals surface area contributed by atoms with E-state index in [4.69, 9.17) is 16.7 Å². The van der Waals surface area contributed by atoms with Crippen LogP contribution < -0.4 is 5.32 Å². The molecule has 0 spiro atoms. The van der Waals surface area contributed by atoms with Crippen molar-refractivity contribution in [3.63, 3.8) is 0 Å². The maximum absolute atomic E-state index is 11.9. The van der Waals surface area contributed by atoms with Gasteiger partial charge < -0.3 is 10.4 Å². The number of rotatable bonds is 6. The van der Waals surface area contributed by atoms with Gasteiger partial charge in [0.25, 0.3) is 5.91 Å². The van der Waals surface area contributed by atoms with Gasteiger partial charge in [0.2, 0.25) is 0 Å². The van der Waals surface area contributed by atoms with Gasteiger partial charge in [-0.3, -0.25) is 9.59 Å². The maximum atomic E-state index is 11.9. The molecule has 0 fully saturated rings. The van der Waals surface area contributed by atoms with Crippen LogP contribution in [0, 0.1) is 0 Å². The Balaban J connectivity index is 1.81. The number of amides is 1. The normalized spacial score (nSPS) is 10.2. The van der Waals surface area contributed by atoms with Crippen molar-refractivity contribution in [3.05, 3.63) is 70.2 Å². The summed E-state index contributed by atoms with van der Waals surface area (Å²) >= 11 is 5.78. The number of hydrogen-bond acceptors (Lipinski definition) is 2. The second kappa shape index (κ2) is 7.61. The first kappa shape index (κ1) is 16.0. The average molecular weight is 318 g/mol. The van der Waals surface area contributed by atoms with Crippen molar-refractivity contribution in [1.82, 2.24) is 5.32 Å². The standard InChI is InChI=1S/C17H16ClNO3/c18-15-7-5-14(6-8-15)17(22)19-10-9-12-1-3-13(4-2-12)11-16(20)21/h1-8H,9-11H2,(H,19,22)(H,20,21). The van der Waals surface area contributed by atoms with Gasteiger partial charge in [0.05, 0.1) is 6.42 Å². The zero-order chi connectivity index (χ0) is 15.9. The lowest BCUT2D eigenvalue weighted by molar-refractivity contribution is -0.136. The zero-order valence-corrected chi connectivity index (χ0v) is 12.6. The minimum atomic E-state index is -0.844. The summed E-state index contributed by atoms with van der Waals surface area (Å²) in [5.74, 6) is -0.984. The number of aliphatic carboxylic acids is 1. The summed E-state index contributed by atoms with van der Waals surface area (Å²) in [6, 6.07) is 14.1. The van der Waals surface area contributed by atoms with E-state index in [0.29, 0.717) is 23.6 Å². The first-order chi connectivity index (χ1) is 10.5. The van der Waals surface area contributed by atoms with Gasteiger partial charge in [-0.2, -0.15) is 0 Å². The second-order valence-electron chi connectivity index (χ2n) is 4.90. The van der Waals surface area contributed by atoms with Crippen molar-refractivity contribution in [2.24, 2.45) is 0 Å². The van der Waals surface area contributed by atoms with Crippen LogP contribution in [-0.2, 0) is 17.6 Å². The smallest absolute Gasteiger partial charge is 0.307 e. The van der Waals surface area contributed by atoms with Crippen LogP contribution >= 0.6 is 11.6 Å². The Morgan fingerprint density at radius 3 is 2.14 bits per heavy atom. The molecule has 114 valence electrons. The number of benzene rings is 2. The number of carboxylic acids is 1. The van der Waals surface area contributed by atoms with Crippen molar-refractivity contribution in [3.8, 4) is 0 Å². The highest BCUT2D eigenvalue weighted by Gasteiger charge is 2.05. The molecule has 0 saturated heterocycles. The number of halogens is 1. The fourth-order valence-electron chi connectivity index (χ4n) is 2.02. The van der Waals surface area contributed by atoms with Gasteiger partial charge in [-0.15, -0.1) is 0 Å². The van der Waals surface area contributed by atoms with Crippen molar-refractivity contribution in [2.45, 2.75) is 12.8 Å². The molecule has 0 atom stereocenters. The third kappa shape index (κ3) is 4.90. The maximum Gasteiger partial charge on any atom is 0.307 e. The second-order valence-corrected chi connectivity index (χ2v) is 5.34. The molecule has 0 saturated carbocycles. The Morgan fingerprint density at radius 2 is 1.55 bits per heavy atom. The molecule has 0 bridgehead atoms. The van der Waals surface area contributed by atoms with Crippen molar-refractivity contribution in [1.29, 1.82) is 0 Å². The minimum absolute atomic E-state index is 0.0214. The predicted octanol–water partition coefficient (Wildman–Crippen LogP) is 2.94. The van der Waals surface area contributed by atoms with E-state index in [1.165, 1.54) is 0 Å². The molecule has 1 amide bonds. The largest absolute Gasteiger partial charge is 0.481 e. The summed E-state index contributed by atoms with van der Waals surface area (Å²) in [7, 11) is 0. The van der Waals surface area contributed by atoms with E-state index < -0.39 is 5.97 Å². The van der Waals surface area contributed by atoms with Crippen LogP contribution in [0.4, 0.5) is 0 Å². The molecule has 0 aromatic heterocycles. The Bertz CT molecular complexity index is 651. The molecule has 0 heterocycles. The molecular weight excluding hydrogens is 302 g/mol. The monoisotopic (exact) mass is 317 g/mol. The number of hydrogen-bond donors (Lipinski definition) is 2. The van der Waals surface area contributed by atoms with Crippen LogP contribution in [0.25, 0.3) is 0 Å². The highest BCUT2D eigenvalue weighted by atomic mass is 35.5. The zero-order valence-electron chi connectivity index (χ0n) is 11.9. The molecule has 0 aliphatic heterocycles. The van der Waals surface area contributed by atoms with E-state index in [-0.39, 0.29) is 12.3 Å². The molecule has 2 rings (SSSR count). The first-order valence-corrected chi connectivity index (χ1v) is 7.26. The van der Waals surface area contributed by atoms with E-state index in [0.717, 1.165) is 11.1 Å². The quantitative estimate of drug-likeness (QED) is 0.861. The predicted molar refractivity (Wildman–Crippen MR) is 85.3 cm³/mol. The third-order valence-electron chi connectivity index (χ3n) is 3.18.